The summed E-state index contributed by atoms with van der Waals surface area (Å²) >= 11 is 0. The van der Waals surface area contributed by atoms with Crippen LogP contribution in [-0.4, -0.2) is 102 Å². The maximum Gasteiger partial charge on any atom is 0.273 e. The molecule has 0 radical (unpaired) electrons. The molecule has 80 heavy (non-hydrogen) atoms. The van der Waals surface area contributed by atoms with E-state index in [9.17, 15) is 14.4 Å². The molecule has 414 valence electrons. The maximum absolute atomic E-state index is 12.4. The van der Waals surface area contributed by atoms with Crippen molar-refractivity contribution in [1.82, 2.24) is 66.8 Å². The fourth-order valence-corrected chi connectivity index (χ4v) is 9.99. The molecule has 6 aromatic heterocycles. The SMILES string of the molecule is O=C(NC1CCC(c2nnc(CO)o2)CC1)c1cc(-c2ccccc2)on1.O=C(NC1CCC(c2nnc(CO)o2)CC1)c1cc(-c2ccccc2)on1.O=C(NC1CCC(n2cc(CO)nn2)C1)c1cc(-c2ccccc2)on1. The molecule has 2 atom stereocenters. The van der Waals surface area contributed by atoms with E-state index >= 15 is 0 Å². The second kappa shape index (κ2) is 26.1. The number of nitrogens with zero attached hydrogens (tertiary/aromatic N) is 10. The number of hydrogen-bond donors (Lipinski definition) is 6. The van der Waals surface area contributed by atoms with Crippen molar-refractivity contribution in [3.8, 4) is 34.0 Å². The second-order valence-electron chi connectivity index (χ2n) is 19.7. The van der Waals surface area contributed by atoms with Gasteiger partial charge in [-0.15, -0.1) is 25.5 Å². The van der Waals surface area contributed by atoms with Crippen molar-refractivity contribution in [2.24, 2.45) is 0 Å². The molecule has 24 heteroatoms. The number of rotatable bonds is 15. The van der Waals surface area contributed by atoms with Crippen LogP contribution in [0.25, 0.3) is 34.0 Å². The lowest BCUT2D eigenvalue weighted by Crippen LogP contribution is -2.37. The molecular weight excluding hydrogens is 1030 g/mol. The summed E-state index contributed by atoms with van der Waals surface area (Å²) in [7, 11) is 0. The molecule has 0 aliphatic heterocycles. The van der Waals surface area contributed by atoms with Crippen molar-refractivity contribution in [1.29, 1.82) is 0 Å². The Kier molecular flexibility index (Phi) is 17.7. The number of carbonyl (C=O) groups excluding carboxylic acids is 3. The average molecular weight is 1090 g/mol. The Bertz CT molecular complexity index is 3240. The number of amides is 3. The number of benzene rings is 3. The van der Waals surface area contributed by atoms with Crippen LogP contribution in [0.4, 0.5) is 0 Å². The zero-order valence-corrected chi connectivity index (χ0v) is 43.4. The zero-order valence-electron chi connectivity index (χ0n) is 43.4. The number of carbonyl (C=O) groups is 3. The van der Waals surface area contributed by atoms with Crippen LogP contribution < -0.4 is 16.0 Å². The third-order valence-electron chi connectivity index (χ3n) is 14.3. The largest absolute Gasteiger partial charge is 0.422 e. The Morgan fingerprint density at radius 2 is 0.863 bits per heavy atom. The Balaban J connectivity index is 0.000000135. The number of nitrogens with one attached hydrogen (secondary N) is 3. The van der Waals surface area contributed by atoms with E-state index in [-0.39, 0.29) is 102 Å². The number of aliphatic hydroxyl groups excluding tert-OH is 3. The molecule has 3 fully saturated rings. The summed E-state index contributed by atoms with van der Waals surface area (Å²) in [6.07, 6.45) is 10.9. The summed E-state index contributed by atoms with van der Waals surface area (Å²) in [5, 5.41) is 71.3. The van der Waals surface area contributed by atoms with Gasteiger partial charge in [-0.05, 0) is 70.6 Å². The molecule has 3 amide bonds. The van der Waals surface area contributed by atoms with Crippen LogP contribution in [0.1, 0.15) is 149 Å². The van der Waals surface area contributed by atoms with Gasteiger partial charge >= 0.3 is 0 Å². The van der Waals surface area contributed by atoms with Crippen molar-refractivity contribution < 1.29 is 52.1 Å². The fourth-order valence-electron chi connectivity index (χ4n) is 9.99. The smallest absolute Gasteiger partial charge is 0.273 e. The molecular formula is C56H59N13O11. The van der Waals surface area contributed by atoms with Crippen LogP contribution in [0.3, 0.4) is 0 Å². The summed E-state index contributed by atoms with van der Waals surface area (Å²) in [4.78, 5) is 37.3. The summed E-state index contributed by atoms with van der Waals surface area (Å²) in [6.45, 7) is -0.620. The number of aliphatic hydroxyl groups is 3. The van der Waals surface area contributed by atoms with E-state index in [1.807, 2.05) is 91.0 Å². The average Bonchev–Trinajstić information content (AvgIpc) is 4.37. The quantitative estimate of drug-likeness (QED) is 0.0586. The van der Waals surface area contributed by atoms with Crippen molar-refractivity contribution in [3.05, 3.63) is 162 Å². The molecule has 0 spiro atoms. The molecule has 3 aromatic carbocycles. The molecule has 2 unspecified atom stereocenters. The topological polar surface area (TPSA) is 335 Å². The van der Waals surface area contributed by atoms with E-state index in [1.54, 1.807) is 29.1 Å². The predicted molar refractivity (Wildman–Crippen MR) is 281 cm³/mol. The van der Waals surface area contributed by atoms with Gasteiger partial charge in [-0.1, -0.05) is 112 Å². The Morgan fingerprint density at radius 3 is 1.23 bits per heavy atom. The van der Waals surface area contributed by atoms with Gasteiger partial charge in [0.1, 0.15) is 18.9 Å². The lowest BCUT2D eigenvalue weighted by Gasteiger charge is -2.26. The number of hydrogen-bond acceptors (Lipinski definition) is 20. The molecule has 6 N–H and O–H groups in total. The summed E-state index contributed by atoms with van der Waals surface area (Å²) in [6, 6.07) is 34.0. The minimum Gasteiger partial charge on any atom is -0.422 e. The van der Waals surface area contributed by atoms with Crippen molar-refractivity contribution in [2.45, 2.75) is 126 Å². The minimum absolute atomic E-state index is 0.0474. The van der Waals surface area contributed by atoms with E-state index in [2.05, 4.69) is 62.1 Å². The van der Waals surface area contributed by atoms with E-state index in [4.69, 9.17) is 37.7 Å². The molecule has 24 nitrogen and oxygen atoms in total. The fraction of sp³-hybridized carbons (Fsp3) is 0.357. The van der Waals surface area contributed by atoms with Crippen LogP contribution >= 0.6 is 0 Å². The van der Waals surface area contributed by atoms with Gasteiger partial charge in [-0.2, -0.15) is 0 Å². The monoisotopic (exact) mass is 1090 g/mol. The van der Waals surface area contributed by atoms with E-state index in [1.165, 1.54) is 0 Å². The third-order valence-corrected chi connectivity index (χ3v) is 14.3. The van der Waals surface area contributed by atoms with Crippen LogP contribution in [0.2, 0.25) is 0 Å². The molecule has 0 bridgehead atoms. The van der Waals surface area contributed by atoms with Crippen LogP contribution in [0, 0.1) is 0 Å². The Hall–Kier alpha value is -9.00. The first kappa shape index (κ1) is 54.4. The highest BCUT2D eigenvalue weighted by molar-refractivity contribution is 5.94. The van der Waals surface area contributed by atoms with Gasteiger partial charge < -0.3 is 53.7 Å². The van der Waals surface area contributed by atoms with Gasteiger partial charge in [-0.25, -0.2) is 4.68 Å². The van der Waals surface area contributed by atoms with Gasteiger partial charge in [-0.3, -0.25) is 14.4 Å². The molecule has 3 aliphatic rings. The lowest BCUT2D eigenvalue weighted by atomic mass is 9.86. The van der Waals surface area contributed by atoms with Gasteiger partial charge in [0.15, 0.2) is 34.4 Å². The van der Waals surface area contributed by atoms with Crippen molar-refractivity contribution in [2.75, 3.05) is 0 Å². The molecule has 3 saturated carbocycles. The first-order chi connectivity index (χ1) is 39.2. The Morgan fingerprint density at radius 1 is 0.475 bits per heavy atom. The molecule has 9 aromatic rings. The normalized spacial score (nSPS) is 19.7. The van der Waals surface area contributed by atoms with Crippen LogP contribution in [0.15, 0.2) is 138 Å². The molecule has 6 heterocycles. The maximum atomic E-state index is 12.4. The predicted octanol–water partition coefficient (Wildman–Crippen LogP) is 7.30. The molecule has 12 rings (SSSR count). The van der Waals surface area contributed by atoms with E-state index < -0.39 is 0 Å². The first-order valence-electron chi connectivity index (χ1n) is 26.5. The highest BCUT2D eigenvalue weighted by Gasteiger charge is 2.31. The minimum atomic E-state index is -0.249. The highest BCUT2D eigenvalue weighted by Crippen LogP contribution is 2.35. The third kappa shape index (κ3) is 13.8. The second-order valence-corrected chi connectivity index (χ2v) is 19.7. The van der Waals surface area contributed by atoms with Crippen LogP contribution in [-0.2, 0) is 19.8 Å². The standard InChI is InChI=1S/2C19H20N4O4.C18H19N5O3/c2*24-11-17-21-22-19(26-17)13-6-8-14(9-7-13)20-18(25)15-10-16(27-23-15)12-4-2-1-3-5-12;24-11-14-10-23(22-20-14)15-7-6-13(8-15)19-18(25)16-9-17(26-21-16)12-4-2-1-3-5-12/h2*1-5,10,13-14,24H,6-9,11H2,(H,20,25);1-5,9-10,13,15,24H,6-8,11H2,(H,19,25). The van der Waals surface area contributed by atoms with Crippen molar-refractivity contribution in [3.63, 3.8) is 0 Å². The van der Waals surface area contributed by atoms with Crippen molar-refractivity contribution >= 4 is 17.7 Å². The van der Waals surface area contributed by atoms with Gasteiger partial charge in [0, 0.05) is 64.9 Å². The van der Waals surface area contributed by atoms with E-state index in [0.717, 1.165) is 87.3 Å². The lowest BCUT2D eigenvalue weighted by molar-refractivity contribution is 0.0907. The van der Waals surface area contributed by atoms with Gasteiger partial charge in [0.25, 0.3) is 17.7 Å². The highest BCUT2D eigenvalue weighted by atomic mass is 16.5. The summed E-state index contributed by atoms with van der Waals surface area (Å²) in [5.74, 6) is 2.94. The summed E-state index contributed by atoms with van der Waals surface area (Å²) < 4.78 is 28.5. The van der Waals surface area contributed by atoms with Crippen LogP contribution in [0.5, 0.6) is 0 Å². The molecule has 3 aliphatic carbocycles. The van der Waals surface area contributed by atoms with Gasteiger partial charge in [0.05, 0.1) is 18.8 Å². The molecule has 0 saturated heterocycles. The number of aromatic nitrogens is 10. The Labute approximate surface area is 457 Å². The first-order valence-corrected chi connectivity index (χ1v) is 26.5. The van der Waals surface area contributed by atoms with Gasteiger partial charge in [0.2, 0.25) is 23.6 Å². The van der Waals surface area contributed by atoms with E-state index in [0.29, 0.717) is 34.8 Å². The summed E-state index contributed by atoms with van der Waals surface area (Å²) in [5.41, 5.74) is 4.02. The zero-order chi connectivity index (χ0) is 55.2.